The molecule has 0 radical (unpaired) electrons. The Labute approximate surface area is 87.1 Å². The number of hydrogen-bond acceptors (Lipinski definition) is 2. The van der Waals surface area contributed by atoms with Crippen molar-refractivity contribution in [3.05, 3.63) is 40.1 Å². The molecule has 0 bridgehead atoms. The van der Waals surface area contributed by atoms with Gasteiger partial charge in [0.1, 0.15) is 0 Å². The fourth-order valence-electron chi connectivity index (χ4n) is 1.17. The van der Waals surface area contributed by atoms with E-state index in [9.17, 15) is 9.18 Å². The minimum atomic E-state index is -0.809. The van der Waals surface area contributed by atoms with E-state index in [4.69, 9.17) is 0 Å². The fourth-order valence-corrected chi connectivity index (χ4v) is 1.48. The largest absolute Gasteiger partial charge is 0.318 e. The minimum absolute atomic E-state index is 0.451. The Morgan fingerprint density at radius 2 is 2.29 bits per heavy atom. The lowest BCUT2D eigenvalue weighted by Crippen LogP contribution is -2.10. The van der Waals surface area contributed by atoms with Crippen molar-refractivity contribution in [2.75, 3.05) is 0 Å². The highest BCUT2D eigenvalue weighted by Crippen LogP contribution is 2.11. The van der Waals surface area contributed by atoms with Crippen molar-refractivity contribution in [3.63, 3.8) is 0 Å². The fraction of sp³-hybridized carbons (Fsp3) is 0.111. The molecule has 0 atom stereocenters. The summed E-state index contributed by atoms with van der Waals surface area (Å²) in [5.41, 5.74) is 1.21. The van der Waals surface area contributed by atoms with Crippen LogP contribution in [0.25, 0.3) is 11.0 Å². The van der Waals surface area contributed by atoms with Gasteiger partial charge < -0.3 is 4.98 Å². The Bertz CT molecular complexity index is 538. The van der Waals surface area contributed by atoms with E-state index in [1.54, 1.807) is 12.3 Å². The molecule has 1 N–H and O–H groups in total. The van der Waals surface area contributed by atoms with E-state index in [1.165, 1.54) is 0 Å². The number of fused-ring (bicyclic) bond motifs is 1. The maximum Gasteiger partial charge on any atom is 0.284 e. The normalized spacial score (nSPS) is 10.7. The van der Waals surface area contributed by atoms with Crippen molar-refractivity contribution >= 4 is 27.0 Å². The maximum atomic E-state index is 12.8. The van der Waals surface area contributed by atoms with Crippen molar-refractivity contribution < 1.29 is 4.39 Å². The molecule has 5 heteroatoms. The van der Waals surface area contributed by atoms with Crippen LogP contribution in [0.4, 0.5) is 4.39 Å². The molecule has 0 spiro atoms. The highest BCUT2D eigenvalue weighted by Gasteiger charge is 2.02. The molecule has 0 aliphatic rings. The summed E-state index contributed by atoms with van der Waals surface area (Å²) in [5, 5.41) is 0.648. The molecule has 72 valence electrons. The van der Waals surface area contributed by atoms with Crippen LogP contribution in [0.15, 0.2) is 23.1 Å². The van der Waals surface area contributed by atoms with Crippen LogP contribution in [0.1, 0.15) is 5.56 Å². The van der Waals surface area contributed by atoms with Crippen LogP contribution in [-0.4, -0.2) is 9.97 Å². The first-order chi connectivity index (χ1) is 6.70. The first kappa shape index (κ1) is 9.33. The van der Waals surface area contributed by atoms with Gasteiger partial charge in [-0.15, -0.1) is 0 Å². The molecular weight excluding hydrogens is 251 g/mol. The van der Waals surface area contributed by atoms with Crippen LogP contribution in [-0.2, 0) is 5.33 Å². The second-order valence-corrected chi connectivity index (χ2v) is 3.42. The zero-order valence-corrected chi connectivity index (χ0v) is 8.64. The number of halogens is 2. The van der Waals surface area contributed by atoms with E-state index in [0.717, 1.165) is 11.6 Å². The van der Waals surface area contributed by atoms with Gasteiger partial charge in [-0.1, -0.05) is 15.9 Å². The first-order valence-electron chi connectivity index (χ1n) is 3.94. The SMILES string of the molecule is O=c1[nH]c2cc(CBr)cnc2cc1F. The summed E-state index contributed by atoms with van der Waals surface area (Å²) >= 11 is 3.27. The van der Waals surface area contributed by atoms with Gasteiger partial charge in [-0.2, -0.15) is 0 Å². The number of H-pyrrole nitrogens is 1. The Hall–Kier alpha value is -1.23. The van der Waals surface area contributed by atoms with Gasteiger partial charge in [-0.25, -0.2) is 4.39 Å². The van der Waals surface area contributed by atoms with E-state index in [-0.39, 0.29) is 0 Å². The van der Waals surface area contributed by atoms with Crippen LogP contribution in [0, 0.1) is 5.82 Å². The number of pyridine rings is 2. The highest BCUT2D eigenvalue weighted by atomic mass is 79.9. The lowest BCUT2D eigenvalue weighted by molar-refractivity contribution is 0.611. The summed E-state index contributed by atoms with van der Waals surface area (Å²) in [5.74, 6) is -0.809. The van der Waals surface area contributed by atoms with Crippen molar-refractivity contribution in [2.45, 2.75) is 5.33 Å². The summed E-state index contributed by atoms with van der Waals surface area (Å²) in [6.07, 6.45) is 1.63. The van der Waals surface area contributed by atoms with Crippen molar-refractivity contribution in [1.82, 2.24) is 9.97 Å². The smallest absolute Gasteiger partial charge is 0.284 e. The molecule has 0 saturated carbocycles. The predicted molar refractivity (Wildman–Crippen MR) is 55.0 cm³/mol. The molecule has 0 amide bonds. The third-order valence-electron chi connectivity index (χ3n) is 1.86. The highest BCUT2D eigenvalue weighted by molar-refractivity contribution is 9.08. The van der Waals surface area contributed by atoms with E-state index in [0.29, 0.717) is 16.4 Å². The summed E-state index contributed by atoms with van der Waals surface area (Å²) in [6, 6.07) is 2.89. The lowest BCUT2D eigenvalue weighted by atomic mass is 10.2. The zero-order valence-electron chi connectivity index (χ0n) is 7.05. The van der Waals surface area contributed by atoms with E-state index in [2.05, 4.69) is 25.9 Å². The predicted octanol–water partition coefficient (Wildman–Crippen LogP) is 1.96. The topological polar surface area (TPSA) is 45.8 Å². The van der Waals surface area contributed by atoms with Gasteiger partial charge in [0.05, 0.1) is 11.0 Å². The first-order valence-corrected chi connectivity index (χ1v) is 5.06. The van der Waals surface area contributed by atoms with Crippen LogP contribution >= 0.6 is 15.9 Å². The minimum Gasteiger partial charge on any atom is -0.318 e. The summed E-state index contributed by atoms with van der Waals surface area (Å²) < 4.78 is 12.8. The third kappa shape index (κ3) is 1.55. The van der Waals surface area contributed by atoms with E-state index in [1.807, 2.05) is 0 Å². The zero-order chi connectivity index (χ0) is 10.1. The molecule has 2 rings (SSSR count). The number of aromatic amines is 1. The van der Waals surface area contributed by atoms with E-state index >= 15 is 0 Å². The summed E-state index contributed by atoms with van der Waals surface area (Å²) in [4.78, 5) is 17.4. The molecule has 2 aromatic rings. The van der Waals surface area contributed by atoms with Gasteiger partial charge in [0.15, 0.2) is 5.82 Å². The quantitative estimate of drug-likeness (QED) is 0.793. The summed E-state index contributed by atoms with van der Waals surface area (Å²) in [6.45, 7) is 0. The Morgan fingerprint density at radius 3 is 3.00 bits per heavy atom. The number of rotatable bonds is 1. The number of alkyl halides is 1. The molecule has 0 saturated heterocycles. The average Bonchev–Trinajstić information content (AvgIpc) is 2.19. The molecule has 14 heavy (non-hydrogen) atoms. The van der Waals surface area contributed by atoms with Gasteiger partial charge >= 0.3 is 0 Å². The molecule has 3 nitrogen and oxygen atoms in total. The van der Waals surface area contributed by atoms with Crippen molar-refractivity contribution in [1.29, 1.82) is 0 Å². The summed E-state index contributed by atoms with van der Waals surface area (Å²) in [7, 11) is 0. The molecule has 0 fully saturated rings. The second-order valence-electron chi connectivity index (χ2n) is 2.86. The van der Waals surface area contributed by atoms with Crippen LogP contribution < -0.4 is 5.56 Å². The lowest BCUT2D eigenvalue weighted by Gasteiger charge is -1.99. The molecule has 2 heterocycles. The monoisotopic (exact) mass is 256 g/mol. The molecular formula is C9H6BrFN2O. The van der Waals surface area contributed by atoms with Gasteiger partial charge in [-0.3, -0.25) is 9.78 Å². The maximum absolute atomic E-state index is 12.8. The van der Waals surface area contributed by atoms with Crippen LogP contribution in [0.2, 0.25) is 0 Å². The second kappa shape index (κ2) is 3.49. The average molecular weight is 257 g/mol. The van der Waals surface area contributed by atoms with Gasteiger partial charge in [0.25, 0.3) is 5.56 Å². The van der Waals surface area contributed by atoms with E-state index < -0.39 is 11.4 Å². The number of nitrogens with one attached hydrogen (secondary N) is 1. The molecule has 0 aliphatic heterocycles. The molecule has 0 aromatic carbocycles. The Kier molecular flexibility index (Phi) is 2.33. The van der Waals surface area contributed by atoms with Gasteiger partial charge in [-0.05, 0) is 11.6 Å². The van der Waals surface area contributed by atoms with Crippen LogP contribution in [0.3, 0.4) is 0 Å². The molecule has 0 unspecified atom stereocenters. The van der Waals surface area contributed by atoms with Gasteiger partial charge in [0.2, 0.25) is 0 Å². The number of aromatic nitrogens is 2. The molecule has 0 aliphatic carbocycles. The van der Waals surface area contributed by atoms with Gasteiger partial charge in [0, 0.05) is 17.6 Å². The number of hydrogen-bond donors (Lipinski definition) is 1. The molecule has 2 aromatic heterocycles. The van der Waals surface area contributed by atoms with Crippen molar-refractivity contribution in [3.8, 4) is 0 Å². The third-order valence-corrected chi connectivity index (χ3v) is 2.51. The van der Waals surface area contributed by atoms with Crippen LogP contribution in [0.5, 0.6) is 0 Å². The standard InChI is InChI=1S/C9H6BrFN2O/c10-3-5-1-8-7(12-4-5)2-6(11)9(14)13-8/h1-2,4H,3H2,(H,13,14). The Morgan fingerprint density at radius 1 is 1.50 bits per heavy atom. The number of nitrogens with zero attached hydrogens (tertiary/aromatic N) is 1. The Balaban J connectivity index is 2.77. The van der Waals surface area contributed by atoms with Crippen molar-refractivity contribution in [2.24, 2.45) is 0 Å².